The summed E-state index contributed by atoms with van der Waals surface area (Å²) in [4.78, 5) is 9.18. The van der Waals surface area contributed by atoms with Crippen LogP contribution < -0.4 is 4.40 Å². The van der Waals surface area contributed by atoms with Gasteiger partial charge >= 0.3 is 120 Å². The Bertz CT molecular complexity index is 1910. The maximum atomic E-state index is 13.5. The summed E-state index contributed by atoms with van der Waals surface area (Å²) in [6.07, 6.45) is 4.90. The van der Waals surface area contributed by atoms with Crippen LogP contribution in [-0.2, 0) is 26.5 Å². The first-order chi connectivity index (χ1) is 20.8. The maximum Gasteiger partial charge on any atom is 0 e. The van der Waals surface area contributed by atoms with E-state index in [9.17, 15) is 4.39 Å². The summed E-state index contributed by atoms with van der Waals surface area (Å²) in [6, 6.07) is 29.7. The van der Waals surface area contributed by atoms with Gasteiger partial charge in [-0.3, -0.25) is 0 Å². The molecule has 0 aliphatic heterocycles. The fraction of sp³-hybridized carbons (Fsp3) is 0.263. The van der Waals surface area contributed by atoms with Crippen LogP contribution in [0.4, 0.5) is 4.39 Å². The van der Waals surface area contributed by atoms with Crippen LogP contribution in [0.5, 0.6) is 0 Å². The average molecular weight is 841 g/mol. The Morgan fingerprint density at radius 2 is 1.68 bits per heavy atom. The van der Waals surface area contributed by atoms with E-state index in [0.717, 1.165) is 54.7 Å². The van der Waals surface area contributed by atoms with Gasteiger partial charge in [0.1, 0.15) is 5.82 Å². The standard InChI is InChI=1S/C21H17FNS.C17H22GeN.Ir/c1-13(2)10-14-8-9-23-19(11-14)18-5-3-4-17-16-7-6-15(22)12-20(16)24-21(17)18;1-13(2)15-11-17(14-9-7-6-8-10-14)19-12-16(15)18(3,4)5;/h3-4,6-9,11-13H,10H2,1-2H3;6-9,11-13H,1-5H3;/q2*-1;/i;13D;. The van der Waals surface area contributed by atoms with E-state index < -0.39 is 19.2 Å². The Morgan fingerprint density at radius 3 is 2.36 bits per heavy atom. The van der Waals surface area contributed by atoms with Crippen LogP contribution in [-0.4, -0.2) is 23.2 Å². The zero-order chi connectivity index (χ0) is 31.6. The molecule has 44 heavy (non-hydrogen) atoms. The van der Waals surface area contributed by atoms with Gasteiger partial charge in [0.05, 0.1) is 0 Å². The Labute approximate surface area is 283 Å². The second-order valence-corrected chi connectivity index (χ2v) is 24.3. The monoisotopic (exact) mass is 842 g/mol. The molecular formula is C38H39FGeIrN2S-2. The molecule has 0 spiro atoms. The van der Waals surface area contributed by atoms with Gasteiger partial charge in [-0.05, 0) is 46.3 Å². The summed E-state index contributed by atoms with van der Waals surface area (Å²) < 4.78 is 25.4. The fourth-order valence-electron chi connectivity index (χ4n) is 5.28. The predicted octanol–water partition coefficient (Wildman–Crippen LogP) is 10.5. The molecule has 0 amide bonds. The van der Waals surface area contributed by atoms with Crippen LogP contribution >= 0.6 is 11.3 Å². The van der Waals surface area contributed by atoms with E-state index in [2.05, 4.69) is 71.4 Å². The molecule has 0 aliphatic carbocycles. The third-order valence-corrected chi connectivity index (χ3v) is 12.8. The molecule has 6 heteroatoms. The van der Waals surface area contributed by atoms with E-state index in [4.69, 9.17) is 1.37 Å². The van der Waals surface area contributed by atoms with Gasteiger partial charge in [-0.2, -0.15) is 11.3 Å². The molecule has 3 aromatic heterocycles. The molecule has 0 atom stereocenters. The van der Waals surface area contributed by atoms with Gasteiger partial charge in [0, 0.05) is 31.0 Å². The van der Waals surface area contributed by atoms with Crippen molar-refractivity contribution in [3.63, 3.8) is 0 Å². The fourth-order valence-corrected chi connectivity index (χ4v) is 9.83. The molecule has 0 fully saturated rings. The molecule has 3 heterocycles. The van der Waals surface area contributed by atoms with Crippen molar-refractivity contribution < 1.29 is 25.9 Å². The van der Waals surface area contributed by atoms with Crippen molar-refractivity contribution in [1.29, 1.82) is 0 Å². The number of hydrogen-bond acceptors (Lipinski definition) is 3. The molecule has 1 radical (unpaired) electrons. The van der Waals surface area contributed by atoms with Crippen molar-refractivity contribution in [2.45, 2.75) is 57.3 Å². The molecule has 0 saturated carbocycles. The zero-order valence-electron chi connectivity index (χ0n) is 27.4. The molecule has 6 rings (SSSR count). The minimum atomic E-state index is -2.03. The van der Waals surface area contributed by atoms with Crippen molar-refractivity contribution in [1.82, 2.24) is 9.97 Å². The number of fused-ring (bicyclic) bond motifs is 3. The Morgan fingerprint density at radius 1 is 0.886 bits per heavy atom. The van der Waals surface area contributed by atoms with Crippen molar-refractivity contribution in [3.05, 3.63) is 114 Å². The Kier molecular flexibility index (Phi) is 10.8. The molecular weight excluding hydrogens is 800 g/mol. The van der Waals surface area contributed by atoms with Gasteiger partial charge in [0.25, 0.3) is 0 Å². The number of thiophene rings is 1. The van der Waals surface area contributed by atoms with E-state index in [0.29, 0.717) is 5.92 Å². The van der Waals surface area contributed by atoms with E-state index in [1.807, 2.05) is 68.7 Å². The number of rotatable bonds is 6. The molecule has 6 aromatic rings. The van der Waals surface area contributed by atoms with E-state index in [1.165, 1.54) is 16.0 Å². The minimum absolute atomic E-state index is 0. The number of benzene rings is 3. The molecule has 2 nitrogen and oxygen atoms in total. The summed E-state index contributed by atoms with van der Waals surface area (Å²) in [6.45, 7) is 8.34. The van der Waals surface area contributed by atoms with Crippen LogP contribution in [0, 0.1) is 23.9 Å². The minimum Gasteiger partial charge on any atom is 0 e. The third kappa shape index (κ3) is 7.92. The van der Waals surface area contributed by atoms with Gasteiger partial charge in [0.2, 0.25) is 0 Å². The van der Waals surface area contributed by atoms with Crippen molar-refractivity contribution in [2.75, 3.05) is 0 Å². The SMILES string of the molecule is CC(C)Cc1ccnc(-c2[c-]ccc3c2sc2cc(F)ccc23)c1.[2H]C(C)(C)c1cc(-c2[c-]cccc2)nc[c]1[Ge]([CH3])([CH3])[CH3].[Ir]. The number of hydrogen-bond donors (Lipinski definition) is 0. The van der Waals surface area contributed by atoms with Crippen LogP contribution in [0.25, 0.3) is 42.7 Å². The topological polar surface area (TPSA) is 25.8 Å². The normalized spacial score (nSPS) is 12.1. The summed E-state index contributed by atoms with van der Waals surface area (Å²) in [5, 5.41) is 2.23. The van der Waals surface area contributed by atoms with Gasteiger partial charge in [0.15, 0.2) is 0 Å². The Balaban J connectivity index is 0.000000204. The van der Waals surface area contributed by atoms with Crippen molar-refractivity contribution in [2.24, 2.45) is 5.92 Å². The molecule has 3 aromatic carbocycles. The van der Waals surface area contributed by atoms with Crippen LogP contribution in [0.15, 0.2) is 85.2 Å². The van der Waals surface area contributed by atoms with Crippen molar-refractivity contribution >= 4 is 49.2 Å². The van der Waals surface area contributed by atoms with Gasteiger partial charge in [-0.25, -0.2) is 4.39 Å². The smallest absolute Gasteiger partial charge is 0 e. The first kappa shape index (κ1) is 32.7. The van der Waals surface area contributed by atoms with E-state index in [1.54, 1.807) is 17.4 Å². The summed E-state index contributed by atoms with van der Waals surface area (Å²) in [5.74, 6) is 6.85. The van der Waals surface area contributed by atoms with Gasteiger partial charge < -0.3 is 4.98 Å². The quantitative estimate of drug-likeness (QED) is 0.123. The molecule has 0 unspecified atom stereocenters. The predicted molar refractivity (Wildman–Crippen MR) is 185 cm³/mol. The number of nitrogens with zero attached hydrogens (tertiary/aromatic N) is 2. The van der Waals surface area contributed by atoms with Crippen molar-refractivity contribution in [3.8, 4) is 22.5 Å². The Hall–Kier alpha value is -2.70. The third-order valence-electron chi connectivity index (χ3n) is 7.36. The largest absolute Gasteiger partial charge is 0 e. The molecule has 0 bridgehead atoms. The summed E-state index contributed by atoms with van der Waals surface area (Å²) >= 11 is -0.420. The number of halogens is 1. The van der Waals surface area contributed by atoms with Crippen LogP contribution in [0.1, 0.15) is 46.1 Å². The second kappa shape index (κ2) is 14.6. The van der Waals surface area contributed by atoms with Gasteiger partial charge in [-0.15, -0.1) is 23.8 Å². The first-order valence-electron chi connectivity index (χ1n) is 15.3. The molecule has 0 saturated heterocycles. The van der Waals surface area contributed by atoms with E-state index >= 15 is 0 Å². The summed E-state index contributed by atoms with van der Waals surface area (Å²) in [5.41, 5.74) is 6.24. The van der Waals surface area contributed by atoms with Crippen LogP contribution in [0.2, 0.25) is 17.3 Å². The number of aromatic nitrogens is 2. The van der Waals surface area contributed by atoms with Gasteiger partial charge in [-0.1, -0.05) is 36.9 Å². The molecule has 229 valence electrons. The zero-order valence-corrected chi connectivity index (χ0v) is 31.7. The summed E-state index contributed by atoms with van der Waals surface area (Å²) in [7, 11) is 0. The van der Waals surface area contributed by atoms with E-state index in [-0.39, 0.29) is 25.9 Å². The second-order valence-electron chi connectivity index (χ2n) is 12.6. The van der Waals surface area contributed by atoms with Crippen LogP contribution in [0.3, 0.4) is 0 Å². The first-order valence-corrected chi connectivity index (χ1v) is 22.9. The molecule has 0 N–H and O–H groups in total. The maximum absolute atomic E-state index is 13.5. The average Bonchev–Trinajstić information content (AvgIpc) is 3.34. The molecule has 0 aliphatic rings. The number of pyridine rings is 2.